The molecule has 0 spiro atoms. The van der Waals surface area contributed by atoms with Crippen LogP contribution in [0.25, 0.3) is 0 Å². The van der Waals surface area contributed by atoms with E-state index >= 15 is 0 Å². The number of hydrogen-bond acceptors (Lipinski definition) is 11. The molecule has 8 unspecified atom stereocenters. The van der Waals surface area contributed by atoms with Gasteiger partial charge >= 0.3 is 7.82 Å². The molecule has 0 heterocycles. The number of carbonyl (C=O) groups excluding carboxylic acids is 1. The Morgan fingerprint density at radius 1 is 0.523 bits per heavy atom. The zero-order valence-electron chi connectivity index (χ0n) is 41.2. The Morgan fingerprint density at radius 2 is 0.862 bits per heavy atom. The number of unbranched alkanes of at least 4 members (excludes halogenated alkanes) is 30. The molecule has 65 heavy (non-hydrogen) atoms. The van der Waals surface area contributed by atoms with Gasteiger partial charge in [-0.05, 0) is 38.5 Å². The molecule has 1 saturated carbocycles. The molecular formula is C51H100NO12P. The Balaban J connectivity index is 2.43. The van der Waals surface area contributed by atoms with Gasteiger partial charge in [-0.15, -0.1) is 0 Å². The van der Waals surface area contributed by atoms with Crippen molar-refractivity contribution in [2.75, 3.05) is 6.61 Å². The van der Waals surface area contributed by atoms with Crippen LogP contribution in [-0.4, -0.2) is 108 Å². The predicted octanol–water partition coefficient (Wildman–Crippen LogP) is 10.2. The lowest BCUT2D eigenvalue weighted by Crippen LogP contribution is -2.64. The summed E-state index contributed by atoms with van der Waals surface area (Å²) in [5, 5.41) is 74.9. The van der Waals surface area contributed by atoms with E-state index < -0.39 is 75.2 Å². The van der Waals surface area contributed by atoms with Crippen LogP contribution >= 0.6 is 7.82 Å². The molecule has 0 aliphatic heterocycles. The lowest BCUT2D eigenvalue weighted by atomic mass is 9.85. The largest absolute Gasteiger partial charge is 0.472 e. The zero-order chi connectivity index (χ0) is 48.0. The van der Waals surface area contributed by atoms with Crippen LogP contribution in [0.2, 0.25) is 0 Å². The molecule has 0 bridgehead atoms. The lowest BCUT2D eigenvalue weighted by Gasteiger charge is -2.41. The second-order valence-corrected chi connectivity index (χ2v) is 20.7. The van der Waals surface area contributed by atoms with Crippen LogP contribution in [-0.2, 0) is 18.4 Å². The fraction of sp³-hybridized carbons (Fsp3) is 0.941. The molecule has 1 fully saturated rings. The Bertz CT molecular complexity index is 1170. The normalized spacial score (nSPS) is 22.6. The van der Waals surface area contributed by atoms with Crippen LogP contribution in [0.15, 0.2) is 12.2 Å². The minimum absolute atomic E-state index is 0.224. The molecule has 0 saturated heterocycles. The molecule has 13 nitrogen and oxygen atoms in total. The molecule has 0 radical (unpaired) electrons. The van der Waals surface area contributed by atoms with E-state index in [1.54, 1.807) is 0 Å². The van der Waals surface area contributed by atoms with Crippen LogP contribution in [0.1, 0.15) is 245 Å². The highest BCUT2D eigenvalue weighted by molar-refractivity contribution is 7.47. The Hall–Kier alpha value is -0.960. The van der Waals surface area contributed by atoms with Gasteiger partial charge in [-0.1, -0.05) is 212 Å². The summed E-state index contributed by atoms with van der Waals surface area (Å²) in [6.45, 7) is 3.82. The van der Waals surface area contributed by atoms with E-state index in [1.807, 2.05) is 0 Å². The van der Waals surface area contributed by atoms with Gasteiger partial charge in [0.25, 0.3) is 0 Å². The highest BCUT2D eigenvalue weighted by Gasteiger charge is 2.51. The number of hydrogen-bond donors (Lipinski definition) is 9. The summed E-state index contributed by atoms with van der Waals surface area (Å²) < 4.78 is 23.0. The van der Waals surface area contributed by atoms with Crippen molar-refractivity contribution in [3.05, 3.63) is 12.2 Å². The Labute approximate surface area is 395 Å². The lowest BCUT2D eigenvalue weighted by molar-refractivity contribution is -0.220. The van der Waals surface area contributed by atoms with Gasteiger partial charge < -0.3 is 46.0 Å². The maximum absolute atomic E-state index is 13.1. The van der Waals surface area contributed by atoms with E-state index in [0.29, 0.717) is 12.8 Å². The fourth-order valence-corrected chi connectivity index (χ4v) is 9.74. The van der Waals surface area contributed by atoms with Crippen LogP contribution in [0.5, 0.6) is 0 Å². The third-order valence-electron chi connectivity index (χ3n) is 13.1. The van der Waals surface area contributed by atoms with E-state index in [9.17, 15) is 50.0 Å². The summed E-state index contributed by atoms with van der Waals surface area (Å²) in [5.41, 5.74) is 0. The van der Waals surface area contributed by atoms with Gasteiger partial charge in [0.05, 0.1) is 31.3 Å². The van der Waals surface area contributed by atoms with Gasteiger partial charge in [0.15, 0.2) is 0 Å². The van der Waals surface area contributed by atoms with Crippen molar-refractivity contribution in [2.24, 2.45) is 0 Å². The molecule has 14 heteroatoms. The molecule has 1 amide bonds. The van der Waals surface area contributed by atoms with Gasteiger partial charge in [0.1, 0.15) is 36.6 Å². The number of rotatable bonds is 45. The maximum Gasteiger partial charge on any atom is 0.472 e. The topological polar surface area (TPSA) is 226 Å². The molecule has 1 rings (SSSR count). The second kappa shape index (κ2) is 40.9. The summed E-state index contributed by atoms with van der Waals surface area (Å²) in [7, 11) is -5.12. The summed E-state index contributed by atoms with van der Waals surface area (Å²) in [5.74, 6) is -0.561. The van der Waals surface area contributed by atoms with Crippen LogP contribution in [0, 0.1) is 0 Å². The molecule has 9 N–H and O–H groups in total. The van der Waals surface area contributed by atoms with Crippen molar-refractivity contribution in [2.45, 2.75) is 300 Å². The quantitative estimate of drug-likeness (QED) is 0.0158. The van der Waals surface area contributed by atoms with Crippen molar-refractivity contribution in [1.29, 1.82) is 0 Å². The van der Waals surface area contributed by atoms with E-state index in [-0.39, 0.29) is 12.8 Å². The average molecular weight is 950 g/mol. The average Bonchev–Trinajstić information content (AvgIpc) is 3.28. The Morgan fingerprint density at radius 3 is 1.26 bits per heavy atom. The van der Waals surface area contributed by atoms with Crippen molar-refractivity contribution in [3.63, 3.8) is 0 Å². The van der Waals surface area contributed by atoms with Gasteiger partial charge in [-0.3, -0.25) is 13.8 Å². The fourth-order valence-electron chi connectivity index (χ4n) is 8.77. The molecule has 8 atom stereocenters. The number of amides is 1. The van der Waals surface area contributed by atoms with E-state index in [4.69, 9.17) is 9.05 Å². The standard InChI is InChI=1S/C51H100NO12P/c1-3-5-7-9-11-13-15-17-19-20-21-22-23-25-26-28-30-32-34-36-38-42(53)40-45(55)52-43(41-63-65(61,62)64-51-49(59)47(57)46(56)48(58)50(51)60)44(54)39-37-35-33-31-29-27-24-18-16-14-12-10-8-6-4-2/h23,25,42-44,46-51,53-54,56-60H,3-22,24,26-41H2,1-2H3,(H,52,55)(H,61,62)/b25-23-. The zero-order valence-corrected chi connectivity index (χ0v) is 42.1. The summed E-state index contributed by atoms with van der Waals surface area (Å²) in [6.07, 6.45) is 31.1. The molecule has 1 aliphatic rings. The van der Waals surface area contributed by atoms with Gasteiger partial charge in [-0.2, -0.15) is 0 Å². The third kappa shape index (κ3) is 32.5. The highest BCUT2D eigenvalue weighted by atomic mass is 31.2. The number of allylic oxidation sites excluding steroid dienone is 2. The van der Waals surface area contributed by atoms with Crippen LogP contribution in [0.3, 0.4) is 0 Å². The summed E-state index contributed by atoms with van der Waals surface area (Å²) in [4.78, 5) is 23.6. The first-order valence-corrected chi connectivity index (χ1v) is 28.2. The van der Waals surface area contributed by atoms with E-state index in [0.717, 1.165) is 70.6 Å². The maximum atomic E-state index is 13.1. The monoisotopic (exact) mass is 950 g/mol. The molecule has 0 aromatic heterocycles. The number of carbonyl (C=O) groups is 1. The molecule has 0 aromatic rings. The van der Waals surface area contributed by atoms with Crippen LogP contribution < -0.4 is 5.32 Å². The van der Waals surface area contributed by atoms with Crippen molar-refractivity contribution in [1.82, 2.24) is 5.32 Å². The Kier molecular flexibility index (Phi) is 39.0. The minimum Gasteiger partial charge on any atom is -0.393 e. The number of phosphoric ester groups is 1. The minimum atomic E-state index is -5.12. The molecular weight excluding hydrogens is 850 g/mol. The third-order valence-corrected chi connectivity index (χ3v) is 14.1. The smallest absolute Gasteiger partial charge is 0.393 e. The van der Waals surface area contributed by atoms with Gasteiger partial charge in [-0.25, -0.2) is 4.57 Å². The first kappa shape index (κ1) is 62.1. The van der Waals surface area contributed by atoms with E-state index in [1.165, 1.54) is 135 Å². The van der Waals surface area contributed by atoms with Crippen molar-refractivity contribution < 1.29 is 59.0 Å². The summed E-state index contributed by atoms with van der Waals surface area (Å²) in [6, 6.07) is -1.15. The number of aliphatic hydroxyl groups is 7. The molecule has 1 aliphatic carbocycles. The summed E-state index contributed by atoms with van der Waals surface area (Å²) >= 11 is 0. The molecule has 0 aromatic carbocycles. The first-order chi connectivity index (χ1) is 31.3. The van der Waals surface area contributed by atoms with Crippen LogP contribution in [0.4, 0.5) is 0 Å². The van der Waals surface area contributed by atoms with Crippen molar-refractivity contribution >= 4 is 13.7 Å². The molecule has 386 valence electrons. The number of aliphatic hydroxyl groups excluding tert-OH is 7. The van der Waals surface area contributed by atoms with Crippen molar-refractivity contribution in [3.8, 4) is 0 Å². The number of phosphoric acid groups is 1. The predicted molar refractivity (Wildman–Crippen MR) is 261 cm³/mol. The number of nitrogens with one attached hydrogen (secondary N) is 1. The highest BCUT2D eigenvalue weighted by Crippen LogP contribution is 2.47. The second-order valence-electron chi connectivity index (χ2n) is 19.3. The van der Waals surface area contributed by atoms with Gasteiger partial charge in [0, 0.05) is 0 Å². The van der Waals surface area contributed by atoms with Gasteiger partial charge in [0.2, 0.25) is 5.91 Å². The SMILES string of the molecule is CCCCCCCCCCCCC/C=C\CCCCCCCC(O)CC(=O)NC(COP(=O)(O)OC1C(O)C(O)C(O)C(O)C1O)C(O)CCCCCCCCCCCCCCCCC. The van der Waals surface area contributed by atoms with E-state index in [2.05, 4.69) is 31.3 Å². The first-order valence-electron chi connectivity index (χ1n) is 26.7.